The lowest BCUT2D eigenvalue weighted by molar-refractivity contribution is -0.122. The van der Waals surface area contributed by atoms with Crippen molar-refractivity contribution in [3.8, 4) is 0 Å². The fourth-order valence-electron chi connectivity index (χ4n) is 3.94. The SMILES string of the molecule is Cc1cc(CN2CCN(C(C(=O)Nc3ccc(C)c(Cl)c3)c3ccccc3)CC2)on1. The molecule has 2 aromatic carbocycles. The van der Waals surface area contributed by atoms with Gasteiger partial charge in [-0.3, -0.25) is 14.6 Å². The number of benzene rings is 2. The number of nitrogens with zero attached hydrogens (tertiary/aromatic N) is 3. The van der Waals surface area contributed by atoms with Gasteiger partial charge in [-0.15, -0.1) is 0 Å². The van der Waals surface area contributed by atoms with Crippen molar-refractivity contribution < 1.29 is 9.32 Å². The third-order valence-electron chi connectivity index (χ3n) is 5.63. The first-order valence-corrected chi connectivity index (χ1v) is 10.9. The molecular formula is C24H27ClN4O2. The summed E-state index contributed by atoms with van der Waals surface area (Å²) < 4.78 is 5.35. The number of halogens is 1. The van der Waals surface area contributed by atoms with E-state index in [0.29, 0.717) is 10.7 Å². The summed E-state index contributed by atoms with van der Waals surface area (Å²) in [5.74, 6) is 0.824. The molecule has 162 valence electrons. The van der Waals surface area contributed by atoms with Crippen molar-refractivity contribution in [3.63, 3.8) is 0 Å². The van der Waals surface area contributed by atoms with Crippen molar-refractivity contribution in [3.05, 3.63) is 82.2 Å². The van der Waals surface area contributed by atoms with Crippen LogP contribution in [0.3, 0.4) is 0 Å². The van der Waals surface area contributed by atoms with Gasteiger partial charge >= 0.3 is 0 Å². The van der Waals surface area contributed by atoms with E-state index in [4.69, 9.17) is 16.1 Å². The molecular weight excluding hydrogens is 412 g/mol. The zero-order chi connectivity index (χ0) is 21.8. The van der Waals surface area contributed by atoms with Gasteiger partial charge in [0.05, 0.1) is 12.2 Å². The topological polar surface area (TPSA) is 61.6 Å². The van der Waals surface area contributed by atoms with Crippen LogP contribution in [0.2, 0.25) is 5.02 Å². The van der Waals surface area contributed by atoms with E-state index < -0.39 is 0 Å². The van der Waals surface area contributed by atoms with Gasteiger partial charge in [-0.2, -0.15) is 0 Å². The maximum atomic E-state index is 13.4. The molecule has 1 aromatic heterocycles. The zero-order valence-electron chi connectivity index (χ0n) is 17.8. The number of carbonyl (C=O) groups is 1. The van der Waals surface area contributed by atoms with E-state index in [1.54, 1.807) is 6.07 Å². The van der Waals surface area contributed by atoms with Gasteiger partial charge in [-0.05, 0) is 37.1 Å². The van der Waals surface area contributed by atoms with Crippen molar-refractivity contribution in [2.75, 3.05) is 31.5 Å². The second-order valence-corrected chi connectivity index (χ2v) is 8.42. The summed E-state index contributed by atoms with van der Waals surface area (Å²) in [5, 5.41) is 7.67. The molecule has 6 nitrogen and oxygen atoms in total. The van der Waals surface area contributed by atoms with E-state index in [-0.39, 0.29) is 11.9 Å². The van der Waals surface area contributed by atoms with Crippen LogP contribution in [0.4, 0.5) is 5.69 Å². The van der Waals surface area contributed by atoms with Gasteiger partial charge in [0.2, 0.25) is 5.91 Å². The maximum absolute atomic E-state index is 13.4. The second kappa shape index (κ2) is 9.64. The predicted molar refractivity (Wildman–Crippen MR) is 122 cm³/mol. The molecule has 1 aliphatic heterocycles. The van der Waals surface area contributed by atoms with E-state index >= 15 is 0 Å². The molecule has 1 amide bonds. The average Bonchev–Trinajstić information content (AvgIpc) is 3.17. The lowest BCUT2D eigenvalue weighted by Gasteiger charge is -2.38. The molecule has 1 aliphatic rings. The third-order valence-corrected chi connectivity index (χ3v) is 6.04. The number of hydrogen-bond donors (Lipinski definition) is 1. The quantitative estimate of drug-likeness (QED) is 0.616. The largest absolute Gasteiger partial charge is 0.360 e. The Hall–Kier alpha value is -2.67. The Morgan fingerprint density at radius 2 is 1.84 bits per heavy atom. The second-order valence-electron chi connectivity index (χ2n) is 8.01. The monoisotopic (exact) mass is 438 g/mol. The molecule has 7 heteroatoms. The molecule has 1 fully saturated rings. The van der Waals surface area contributed by atoms with Gasteiger partial charge < -0.3 is 9.84 Å². The highest BCUT2D eigenvalue weighted by atomic mass is 35.5. The molecule has 1 atom stereocenters. The minimum Gasteiger partial charge on any atom is -0.360 e. The molecule has 1 N–H and O–H groups in total. The number of piperazine rings is 1. The minimum atomic E-state index is -0.365. The smallest absolute Gasteiger partial charge is 0.246 e. The van der Waals surface area contributed by atoms with E-state index in [1.165, 1.54) is 0 Å². The Balaban J connectivity index is 1.46. The zero-order valence-corrected chi connectivity index (χ0v) is 18.6. The summed E-state index contributed by atoms with van der Waals surface area (Å²) in [7, 11) is 0. The first kappa shape index (κ1) is 21.6. The number of anilines is 1. The van der Waals surface area contributed by atoms with Crippen LogP contribution >= 0.6 is 11.6 Å². The van der Waals surface area contributed by atoms with Crippen LogP contribution in [0.5, 0.6) is 0 Å². The van der Waals surface area contributed by atoms with Crippen LogP contribution in [0.1, 0.15) is 28.6 Å². The summed E-state index contributed by atoms with van der Waals surface area (Å²) in [6.07, 6.45) is 0. The van der Waals surface area contributed by atoms with E-state index in [2.05, 4.69) is 20.3 Å². The summed E-state index contributed by atoms with van der Waals surface area (Å²) >= 11 is 6.25. The molecule has 0 aliphatic carbocycles. The van der Waals surface area contributed by atoms with Crippen LogP contribution in [0.15, 0.2) is 59.1 Å². The molecule has 0 spiro atoms. The minimum absolute atomic E-state index is 0.0505. The Morgan fingerprint density at radius 1 is 1.10 bits per heavy atom. The molecule has 0 bridgehead atoms. The third kappa shape index (κ3) is 5.34. The molecule has 4 rings (SSSR count). The lowest BCUT2D eigenvalue weighted by atomic mass is 10.0. The number of amides is 1. The Bertz CT molecular complexity index is 1030. The molecule has 1 saturated heterocycles. The lowest BCUT2D eigenvalue weighted by Crippen LogP contribution is -2.49. The molecule has 31 heavy (non-hydrogen) atoms. The van der Waals surface area contributed by atoms with Crippen LogP contribution in [0, 0.1) is 13.8 Å². The summed E-state index contributed by atoms with van der Waals surface area (Å²) in [6.45, 7) is 7.89. The highest BCUT2D eigenvalue weighted by Crippen LogP contribution is 2.26. The van der Waals surface area contributed by atoms with Gasteiger partial charge in [-0.25, -0.2) is 0 Å². The highest BCUT2D eigenvalue weighted by molar-refractivity contribution is 6.31. The van der Waals surface area contributed by atoms with Crippen LogP contribution in [-0.4, -0.2) is 47.0 Å². The standard InChI is InChI=1S/C24H27ClN4O2/c1-17-8-9-20(15-22(17)25)26-24(30)23(19-6-4-3-5-7-19)29-12-10-28(11-13-29)16-21-14-18(2)27-31-21/h3-9,14-15,23H,10-13,16H2,1-2H3,(H,26,30). The fourth-order valence-corrected chi connectivity index (χ4v) is 4.12. The number of rotatable bonds is 6. The Morgan fingerprint density at radius 3 is 2.48 bits per heavy atom. The van der Waals surface area contributed by atoms with Crippen molar-refractivity contribution in [1.82, 2.24) is 15.0 Å². The fraction of sp³-hybridized carbons (Fsp3) is 0.333. The van der Waals surface area contributed by atoms with Gasteiger partial charge in [-0.1, -0.05) is 53.2 Å². The number of carbonyl (C=O) groups excluding carboxylic acids is 1. The van der Waals surface area contributed by atoms with Gasteiger partial charge in [0.15, 0.2) is 5.76 Å². The van der Waals surface area contributed by atoms with E-state index in [1.807, 2.05) is 62.4 Å². The first-order valence-electron chi connectivity index (χ1n) is 10.5. The predicted octanol–water partition coefficient (Wildman–Crippen LogP) is 4.44. The normalized spacial score (nSPS) is 16.2. The van der Waals surface area contributed by atoms with Crippen molar-refractivity contribution in [2.45, 2.75) is 26.4 Å². The van der Waals surface area contributed by atoms with Crippen LogP contribution in [-0.2, 0) is 11.3 Å². The van der Waals surface area contributed by atoms with Crippen molar-refractivity contribution >= 4 is 23.2 Å². The summed E-state index contributed by atoms with van der Waals surface area (Å²) in [4.78, 5) is 17.9. The highest BCUT2D eigenvalue weighted by Gasteiger charge is 2.30. The number of nitrogens with one attached hydrogen (secondary N) is 1. The van der Waals surface area contributed by atoms with Gasteiger partial charge in [0, 0.05) is 43.0 Å². The van der Waals surface area contributed by atoms with Crippen LogP contribution < -0.4 is 5.32 Å². The molecule has 0 saturated carbocycles. The number of aromatic nitrogens is 1. The van der Waals surface area contributed by atoms with Gasteiger partial charge in [0.25, 0.3) is 0 Å². The van der Waals surface area contributed by atoms with Gasteiger partial charge in [0.1, 0.15) is 6.04 Å². The van der Waals surface area contributed by atoms with Crippen LogP contribution in [0.25, 0.3) is 0 Å². The molecule has 2 heterocycles. The van der Waals surface area contributed by atoms with E-state index in [0.717, 1.165) is 55.3 Å². The molecule has 3 aromatic rings. The van der Waals surface area contributed by atoms with Crippen molar-refractivity contribution in [1.29, 1.82) is 0 Å². The molecule has 1 unspecified atom stereocenters. The summed E-state index contributed by atoms with van der Waals surface area (Å²) in [6, 6.07) is 17.1. The number of hydrogen-bond acceptors (Lipinski definition) is 5. The Kier molecular flexibility index (Phi) is 6.70. The van der Waals surface area contributed by atoms with Crippen molar-refractivity contribution in [2.24, 2.45) is 0 Å². The maximum Gasteiger partial charge on any atom is 0.246 e. The van der Waals surface area contributed by atoms with E-state index in [9.17, 15) is 4.79 Å². The summed E-state index contributed by atoms with van der Waals surface area (Å²) in [5.41, 5.74) is 3.57. The number of aryl methyl sites for hydroxylation is 2. The Labute approximate surface area is 187 Å². The first-order chi connectivity index (χ1) is 15.0. The average molecular weight is 439 g/mol. The molecule has 0 radical (unpaired) electrons.